The number of allylic oxidation sites excluding steroid dienone is 3. The van der Waals surface area contributed by atoms with E-state index >= 15 is 0 Å². The van der Waals surface area contributed by atoms with Gasteiger partial charge in [0.15, 0.2) is 0 Å². The molecule has 1 saturated heterocycles. The molecule has 2 aromatic carbocycles. The number of nitrogens with zero attached hydrogens (tertiary/aromatic N) is 1. The molecule has 0 radical (unpaired) electrons. The Morgan fingerprint density at radius 1 is 1.14 bits per heavy atom. The molecule has 0 N–H and O–H groups in total. The smallest absolute Gasteiger partial charge is 0.333 e. The maximum atomic E-state index is 10.7. The quantitative estimate of drug-likeness (QED) is 0.243. The molecular weight excluding hydrogens is 350 g/mol. The number of esters is 1. The highest BCUT2D eigenvalue weighted by Gasteiger charge is 2.24. The van der Waals surface area contributed by atoms with Crippen molar-refractivity contribution in [1.29, 1.82) is 5.26 Å². The Morgan fingerprint density at radius 2 is 1.68 bits per heavy atom. The van der Waals surface area contributed by atoms with E-state index in [9.17, 15) is 4.79 Å². The molecule has 0 bridgehead atoms. The molecule has 1 fully saturated rings. The Bertz CT molecular complexity index is 759. The lowest BCUT2D eigenvalue weighted by Crippen LogP contribution is -2.09. The monoisotopic (exact) mass is 375 g/mol. The zero-order valence-corrected chi connectivity index (χ0v) is 16.0. The highest BCUT2D eigenvalue weighted by atomic mass is 16.6. The number of hydrogen-bond acceptors (Lipinski definition) is 4. The van der Waals surface area contributed by atoms with Crippen molar-refractivity contribution in [3.05, 3.63) is 103 Å². The van der Waals surface area contributed by atoms with Crippen LogP contribution in [0.15, 0.2) is 97.1 Å². The molecule has 0 aromatic heterocycles. The molecule has 4 heteroatoms. The topological polar surface area (TPSA) is 62.6 Å². The number of nitriles is 1. The molecule has 28 heavy (non-hydrogen) atoms. The minimum atomic E-state index is -0.337. The Kier molecular flexibility index (Phi) is 11.9. The fraction of sp³-hybridized carbons (Fsp3) is 0.167. The van der Waals surface area contributed by atoms with Crippen LogP contribution in [-0.4, -0.2) is 25.3 Å². The van der Waals surface area contributed by atoms with E-state index in [1.807, 2.05) is 85.0 Å². The fourth-order valence-corrected chi connectivity index (χ4v) is 1.67. The number of carbonyl (C=O) groups excluding carboxylic acids is 1. The van der Waals surface area contributed by atoms with Gasteiger partial charge in [-0.05, 0) is 12.5 Å². The molecule has 0 amide bonds. The second kappa shape index (κ2) is 14.7. The van der Waals surface area contributed by atoms with Gasteiger partial charge in [-0.3, -0.25) is 0 Å². The first-order valence-corrected chi connectivity index (χ1v) is 8.85. The minimum Gasteiger partial charge on any atom is -0.459 e. The minimum absolute atomic E-state index is 0.142. The van der Waals surface area contributed by atoms with E-state index in [2.05, 4.69) is 6.58 Å². The molecular formula is C24H25NO3. The highest BCUT2D eigenvalue weighted by Crippen LogP contribution is 2.09. The SMILES string of the molecule is C=C(C)C(=O)OCC1CO1.N#CC=CC=Cc1ccccc1.c1ccccc1. The first kappa shape index (κ1) is 22.6. The summed E-state index contributed by atoms with van der Waals surface area (Å²) in [5, 5.41) is 8.19. The van der Waals surface area contributed by atoms with Gasteiger partial charge in [-0.25, -0.2) is 4.79 Å². The van der Waals surface area contributed by atoms with Crippen molar-refractivity contribution >= 4 is 12.0 Å². The molecule has 144 valence electrons. The van der Waals surface area contributed by atoms with Gasteiger partial charge in [0.2, 0.25) is 0 Å². The van der Waals surface area contributed by atoms with Crippen molar-refractivity contribution in [2.75, 3.05) is 13.2 Å². The Hall–Kier alpha value is -3.42. The summed E-state index contributed by atoms with van der Waals surface area (Å²) < 4.78 is 9.60. The summed E-state index contributed by atoms with van der Waals surface area (Å²) in [5.74, 6) is -0.337. The summed E-state index contributed by atoms with van der Waals surface area (Å²) in [5.41, 5.74) is 1.57. The fourth-order valence-electron chi connectivity index (χ4n) is 1.67. The largest absolute Gasteiger partial charge is 0.459 e. The van der Waals surface area contributed by atoms with Gasteiger partial charge in [0.1, 0.15) is 12.7 Å². The molecule has 0 aliphatic carbocycles. The Labute approximate surface area is 167 Å². The van der Waals surface area contributed by atoms with Gasteiger partial charge >= 0.3 is 5.97 Å². The molecule has 1 heterocycles. The van der Waals surface area contributed by atoms with Gasteiger partial charge in [0.25, 0.3) is 0 Å². The van der Waals surface area contributed by atoms with E-state index in [1.165, 1.54) is 6.08 Å². The number of rotatable bonds is 5. The number of hydrogen-bond donors (Lipinski definition) is 0. The lowest BCUT2D eigenvalue weighted by atomic mass is 10.2. The van der Waals surface area contributed by atoms with Crippen molar-refractivity contribution in [1.82, 2.24) is 0 Å². The number of epoxide rings is 1. The second-order valence-electron chi connectivity index (χ2n) is 5.75. The summed E-state index contributed by atoms with van der Waals surface area (Å²) in [7, 11) is 0. The van der Waals surface area contributed by atoms with Crippen LogP contribution in [0.1, 0.15) is 12.5 Å². The van der Waals surface area contributed by atoms with Crippen LogP contribution >= 0.6 is 0 Å². The normalized spacial score (nSPS) is 14.1. The summed E-state index contributed by atoms with van der Waals surface area (Å²) in [6, 6.07) is 23.9. The molecule has 4 nitrogen and oxygen atoms in total. The van der Waals surface area contributed by atoms with Crippen LogP contribution in [0, 0.1) is 11.3 Å². The predicted molar refractivity (Wildman–Crippen MR) is 112 cm³/mol. The van der Waals surface area contributed by atoms with Crippen molar-refractivity contribution in [2.24, 2.45) is 0 Å². The highest BCUT2D eigenvalue weighted by molar-refractivity contribution is 5.86. The molecule has 2 aromatic rings. The lowest BCUT2D eigenvalue weighted by Gasteiger charge is -1.99. The van der Waals surface area contributed by atoms with Crippen molar-refractivity contribution in [3.8, 4) is 6.07 Å². The van der Waals surface area contributed by atoms with Crippen molar-refractivity contribution < 1.29 is 14.3 Å². The Balaban J connectivity index is 0.000000221. The molecule has 1 unspecified atom stereocenters. The predicted octanol–water partition coefficient (Wildman–Crippen LogP) is 4.97. The van der Waals surface area contributed by atoms with Gasteiger partial charge in [-0.15, -0.1) is 0 Å². The first-order valence-electron chi connectivity index (χ1n) is 8.85. The third kappa shape index (κ3) is 12.9. The zero-order chi connectivity index (χ0) is 20.5. The van der Waals surface area contributed by atoms with E-state index in [0.29, 0.717) is 18.8 Å². The van der Waals surface area contributed by atoms with E-state index in [0.717, 1.165) is 5.56 Å². The van der Waals surface area contributed by atoms with E-state index in [4.69, 9.17) is 14.7 Å². The van der Waals surface area contributed by atoms with Gasteiger partial charge in [-0.2, -0.15) is 5.26 Å². The number of ether oxygens (including phenoxy) is 2. The van der Waals surface area contributed by atoms with Crippen LogP contribution in [0.2, 0.25) is 0 Å². The van der Waals surface area contributed by atoms with Crippen LogP contribution in [0.3, 0.4) is 0 Å². The maximum Gasteiger partial charge on any atom is 0.333 e. The molecule has 0 saturated carbocycles. The number of carbonyl (C=O) groups is 1. The standard InChI is InChI=1S/C11H9N.C7H10O3.C6H6/c12-10-6-2-5-9-11-7-3-1-4-8-11;1-5(2)7(8)10-4-6-3-9-6;1-2-4-6-5-3-1/h1-9H;6H,1,3-4H2,2H3;1-6H. The lowest BCUT2D eigenvalue weighted by molar-refractivity contribution is -0.139. The van der Waals surface area contributed by atoms with Crippen LogP contribution < -0.4 is 0 Å². The van der Waals surface area contributed by atoms with E-state index in [1.54, 1.807) is 13.0 Å². The van der Waals surface area contributed by atoms with E-state index < -0.39 is 0 Å². The van der Waals surface area contributed by atoms with Gasteiger partial charge in [0, 0.05) is 11.6 Å². The van der Waals surface area contributed by atoms with Crippen LogP contribution in [0.4, 0.5) is 0 Å². The average molecular weight is 375 g/mol. The van der Waals surface area contributed by atoms with Crippen LogP contribution in [0.5, 0.6) is 0 Å². The molecule has 1 atom stereocenters. The average Bonchev–Trinajstić information content (AvgIpc) is 3.57. The maximum absolute atomic E-state index is 10.7. The first-order chi connectivity index (χ1) is 13.6. The van der Waals surface area contributed by atoms with Crippen LogP contribution in [-0.2, 0) is 14.3 Å². The second-order valence-corrected chi connectivity index (χ2v) is 5.75. The van der Waals surface area contributed by atoms with Gasteiger partial charge in [-0.1, -0.05) is 91.5 Å². The van der Waals surface area contributed by atoms with E-state index in [-0.39, 0.29) is 12.1 Å². The Morgan fingerprint density at radius 3 is 2.14 bits per heavy atom. The van der Waals surface area contributed by atoms with Gasteiger partial charge < -0.3 is 9.47 Å². The van der Waals surface area contributed by atoms with Crippen LogP contribution in [0.25, 0.3) is 6.08 Å². The van der Waals surface area contributed by atoms with Gasteiger partial charge in [0.05, 0.1) is 12.7 Å². The summed E-state index contributed by atoms with van der Waals surface area (Å²) >= 11 is 0. The molecule has 3 rings (SSSR count). The third-order valence-electron chi connectivity index (χ3n) is 3.19. The summed E-state index contributed by atoms with van der Waals surface area (Å²) in [6.07, 6.45) is 7.10. The third-order valence-corrected chi connectivity index (χ3v) is 3.19. The summed E-state index contributed by atoms with van der Waals surface area (Å²) in [6.45, 7) is 6.14. The molecule has 1 aliphatic heterocycles. The molecule has 1 aliphatic rings. The number of benzene rings is 2. The van der Waals surface area contributed by atoms with Crippen molar-refractivity contribution in [3.63, 3.8) is 0 Å². The van der Waals surface area contributed by atoms with Crippen molar-refractivity contribution in [2.45, 2.75) is 13.0 Å². The zero-order valence-electron chi connectivity index (χ0n) is 16.0. The molecule has 0 spiro atoms. The summed E-state index contributed by atoms with van der Waals surface area (Å²) in [4.78, 5) is 10.7.